The Labute approximate surface area is 148 Å². The van der Waals surface area contributed by atoms with Crippen LogP contribution < -0.4 is 10.4 Å². The van der Waals surface area contributed by atoms with E-state index in [1.807, 2.05) is 48.5 Å². The second kappa shape index (κ2) is 6.49. The minimum atomic E-state index is -0.0983. The Bertz CT molecular complexity index is 1140. The second-order valence-electron chi connectivity index (χ2n) is 5.69. The van der Waals surface area contributed by atoms with E-state index in [2.05, 4.69) is 21.8 Å². The highest BCUT2D eigenvalue weighted by Crippen LogP contribution is 2.16. The highest BCUT2D eigenvalue weighted by atomic mass is 32.1. The van der Waals surface area contributed by atoms with Crippen molar-refractivity contribution in [2.75, 3.05) is 0 Å². The van der Waals surface area contributed by atoms with Crippen LogP contribution in [0.4, 0.5) is 5.69 Å². The first-order chi connectivity index (χ1) is 12.2. The Balaban J connectivity index is 1.97. The number of hydrogen-bond donors (Lipinski definition) is 0. The molecule has 0 radical (unpaired) electrons. The summed E-state index contributed by atoms with van der Waals surface area (Å²) in [5.74, 6) is 0. The maximum Gasteiger partial charge on any atom is 0.286 e. The summed E-state index contributed by atoms with van der Waals surface area (Å²) in [6.45, 7) is 0.640. The molecule has 4 aromatic rings. The number of aromatic nitrogens is 3. The summed E-state index contributed by atoms with van der Waals surface area (Å²) >= 11 is 1.40. The lowest BCUT2D eigenvalue weighted by Gasteiger charge is -2.05. The lowest BCUT2D eigenvalue weighted by molar-refractivity contribution is 0.712. The van der Waals surface area contributed by atoms with Gasteiger partial charge in [0, 0.05) is 7.05 Å². The van der Waals surface area contributed by atoms with Crippen LogP contribution in [-0.4, -0.2) is 14.3 Å². The lowest BCUT2D eigenvalue weighted by Crippen LogP contribution is -2.19. The van der Waals surface area contributed by atoms with Crippen molar-refractivity contribution in [3.8, 4) is 0 Å². The number of thiazole rings is 1. The molecule has 0 aliphatic carbocycles. The van der Waals surface area contributed by atoms with Crippen molar-refractivity contribution in [2.45, 2.75) is 6.54 Å². The Hall–Kier alpha value is -2.99. The molecule has 0 saturated carbocycles. The lowest BCUT2D eigenvalue weighted by atomic mass is 10.2. The van der Waals surface area contributed by atoms with Gasteiger partial charge in [-0.15, -0.1) is 0 Å². The SMILES string of the molecule is Cn1ncc2c(sc(=Nc3ccccc3)n2Cc2ccccc2)c1=O. The van der Waals surface area contributed by atoms with Crippen molar-refractivity contribution < 1.29 is 0 Å². The fourth-order valence-electron chi connectivity index (χ4n) is 2.66. The predicted molar refractivity (Wildman–Crippen MR) is 100 cm³/mol. The van der Waals surface area contributed by atoms with Crippen LogP contribution >= 0.6 is 11.3 Å². The van der Waals surface area contributed by atoms with Crippen LogP contribution in [0.15, 0.2) is 76.6 Å². The third-order valence-electron chi connectivity index (χ3n) is 3.95. The van der Waals surface area contributed by atoms with Crippen LogP contribution in [0, 0.1) is 0 Å². The normalized spacial score (nSPS) is 12.0. The molecule has 4 rings (SSSR count). The first kappa shape index (κ1) is 15.5. The van der Waals surface area contributed by atoms with Crippen LogP contribution in [0.2, 0.25) is 0 Å². The molecule has 0 fully saturated rings. The van der Waals surface area contributed by atoms with E-state index in [0.717, 1.165) is 21.6 Å². The topological polar surface area (TPSA) is 52.2 Å². The maximum absolute atomic E-state index is 12.5. The quantitative estimate of drug-likeness (QED) is 0.571. The number of rotatable bonds is 3. The molecule has 0 N–H and O–H groups in total. The van der Waals surface area contributed by atoms with E-state index in [4.69, 9.17) is 4.99 Å². The van der Waals surface area contributed by atoms with E-state index in [1.54, 1.807) is 13.2 Å². The molecule has 0 aliphatic heterocycles. The standard InChI is InChI=1S/C19H16N4OS/c1-22-18(24)17-16(12-20-22)23(13-14-8-4-2-5-9-14)19(25-17)21-15-10-6-3-7-11-15/h2-12H,13H2,1H3. The highest BCUT2D eigenvalue weighted by Gasteiger charge is 2.11. The smallest absolute Gasteiger partial charge is 0.286 e. The number of aryl methyl sites for hydroxylation is 1. The van der Waals surface area contributed by atoms with E-state index in [-0.39, 0.29) is 5.56 Å². The van der Waals surface area contributed by atoms with Gasteiger partial charge in [-0.05, 0) is 17.7 Å². The molecular weight excluding hydrogens is 332 g/mol. The Morgan fingerprint density at radius 2 is 1.72 bits per heavy atom. The third-order valence-corrected chi connectivity index (χ3v) is 5.04. The van der Waals surface area contributed by atoms with Gasteiger partial charge >= 0.3 is 0 Å². The maximum atomic E-state index is 12.5. The summed E-state index contributed by atoms with van der Waals surface area (Å²) in [5, 5.41) is 4.18. The van der Waals surface area contributed by atoms with Gasteiger partial charge in [0.25, 0.3) is 5.56 Å². The molecule has 0 spiro atoms. The van der Waals surface area contributed by atoms with Gasteiger partial charge in [-0.1, -0.05) is 59.9 Å². The van der Waals surface area contributed by atoms with Gasteiger partial charge in [-0.3, -0.25) is 4.79 Å². The largest absolute Gasteiger partial charge is 0.310 e. The molecule has 2 aromatic heterocycles. The summed E-state index contributed by atoms with van der Waals surface area (Å²) in [6, 6.07) is 19.9. The first-order valence-corrected chi connectivity index (χ1v) is 8.73. The zero-order chi connectivity index (χ0) is 17.2. The number of para-hydroxylation sites is 1. The Morgan fingerprint density at radius 1 is 1.04 bits per heavy atom. The number of nitrogens with zero attached hydrogens (tertiary/aromatic N) is 4. The van der Waals surface area contributed by atoms with Crippen molar-refractivity contribution >= 4 is 27.2 Å². The van der Waals surface area contributed by atoms with Crippen LogP contribution in [0.1, 0.15) is 5.56 Å². The van der Waals surface area contributed by atoms with Gasteiger partial charge < -0.3 is 4.57 Å². The molecule has 5 nitrogen and oxygen atoms in total. The fourth-order valence-corrected chi connectivity index (χ4v) is 3.76. The molecule has 0 unspecified atom stereocenters. The molecule has 0 bridgehead atoms. The molecule has 0 amide bonds. The molecule has 2 heterocycles. The summed E-state index contributed by atoms with van der Waals surface area (Å²) in [6.07, 6.45) is 1.74. The minimum Gasteiger partial charge on any atom is -0.310 e. The average Bonchev–Trinajstić information content (AvgIpc) is 2.98. The van der Waals surface area contributed by atoms with Crippen LogP contribution in [-0.2, 0) is 13.6 Å². The van der Waals surface area contributed by atoms with Gasteiger partial charge in [-0.2, -0.15) is 5.10 Å². The van der Waals surface area contributed by atoms with E-state index in [9.17, 15) is 4.79 Å². The summed E-state index contributed by atoms with van der Waals surface area (Å²) in [4.78, 5) is 18.0. The van der Waals surface area contributed by atoms with E-state index in [1.165, 1.54) is 16.0 Å². The van der Waals surface area contributed by atoms with Crippen LogP contribution in [0.25, 0.3) is 10.2 Å². The summed E-state index contributed by atoms with van der Waals surface area (Å²) < 4.78 is 4.08. The molecular formula is C19H16N4OS. The van der Waals surface area contributed by atoms with Gasteiger partial charge in [0.1, 0.15) is 4.70 Å². The zero-order valence-corrected chi connectivity index (χ0v) is 14.5. The van der Waals surface area contributed by atoms with Crippen molar-refractivity contribution in [3.63, 3.8) is 0 Å². The molecule has 0 saturated heterocycles. The summed E-state index contributed by atoms with van der Waals surface area (Å²) in [7, 11) is 1.66. The molecule has 25 heavy (non-hydrogen) atoms. The van der Waals surface area contributed by atoms with Gasteiger partial charge in [0.15, 0.2) is 4.80 Å². The number of hydrogen-bond acceptors (Lipinski definition) is 4. The molecule has 124 valence electrons. The van der Waals surface area contributed by atoms with E-state index >= 15 is 0 Å². The Morgan fingerprint density at radius 3 is 2.44 bits per heavy atom. The second-order valence-corrected chi connectivity index (χ2v) is 6.67. The summed E-state index contributed by atoms with van der Waals surface area (Å²) in [5.41, 5.74) is 2.73. The van der Waals surface area contributed by atoms with Crippen molar-refractivity contribution in [3.05, 3.63) is 87.6 Å². The molecule has 0 atom stereocenters. The van der Waals surface area contributed by atoms with Crippen molar-refractivity contribution in [2.24, 2.45) is 12.0 Å². The molecule has 6 heteroatoms. The Kier molecular flexibility index (Phi) is 4.03. The highest BCUT2D eigenvalue weighted by molar-refractivity contribution is 7.16. The zero-order valence-electron chi connectivity index (χ0n) is 13.7. The first-order valence-electron chi connectivity index (χ1n) is 7.92. The monoisotopic (exact) mass is 348 g/mol. The number of fused-ring (bicyclic) bond motifs is 1. The van der Waals surface area contributed by atoms with E-state index in [0.29, 0.717) is 11.2 Å². The van der Waals surface area contributed by atoms with Crippen molar-refractivity contribution in [1.82, 2.24) is 14.3 Å². The van der Waals surface area contributed by atoms with Gasteiger partial charge in [0.2, 0.25) is 0 Å². The minimum absolute atomic E-state index is 0.0983. The van der Waals surface area contributed by atoms with Crippen molar-refractivity contribution in [1.29, 1.82) is 0 Å². The van der Waals surface area contributed by atoms with Crippen LogP contribution in [0.5, 0.6) is 0 Å². The third kappa shape index (κ3) is 3.04. The van der Waals surface area contributed by atoms with Gasteiger partial charge in [-0.25, -0.2) is 9.67 Å². The van der Waals surface area contributed by atoms with E-state index < -0.39 is 0 Å². The number of benzene rings is 2. The average molecular weight is 348 g/mol. The predicted octanol–water partition coefficient (Wildman–Crippen LogP) is 3.08. The van der Waals surface area contributed by atoms with Gasteiger partial charge in [0.05, 0.1) is 23.9 Å². The fraction of sp³-hybridized carbons (Fsp3) is 0.105. The molecule has 0 aliphatic rings. The molecule has 2 aromatic carbocycles. The van der Waals surface area contributed by atoms with Crippen LogP contribution in [0.3, 0.4) is 0 Å².